The van der Waals surface area contributed by atoms with Crippen molar-refractivity contribution in [1.29, 1.82) is 0 Å². The van der Waals surface area contributed by atoms with E-state index in [-0.39, 0.29) is 0 Å². The lowest BCUT2D eigenvalue weighted by atomic mass is 9.68. The smallest absolute Gasteiger partial charge is 0.110 e. The molecule has 5 heteroatoms. The van der Waals surface area contributed by atoms with Crippen LogP contribution in [-0.2, 0) is 12.1 Å². The Morgan fingerprint density at radius 3 is 2.81 bits per heavy atom. The first-order valence-corrected chi connectivity index (χ1v) is 8.74. The summed E-state index contributed by atoms with van der Waals surface area (Å²) in [6, 6.07) is 0. The molecule has 0 saturated heterocycles. The lowest BCUT2D eigenvalue weighted by Crippen LogP contribution is -2.43. The van der Waals surface area contributed by atoms with Gasteiger partial charge in [0, 0.05) is 6.54 Å². The average Bonchev–Trinajstić information content (AvgIpc) is 2.78. The fraction of sp³-hybridized carbons (Fsp3) is 0.812. The van der Waals surface area contributed by atoms with Gasteiger partial charge < -0.3 is 10.0 Å². The molecule has 1 heterocycles. The van der Waals surface area contributed by atoms with Gasteiger partial charge in [0.2, 0.25) is 0 Å². The van der Waals surface area contributed by atoms with E-state index in [0.29, 0.717) is 11.8 Å². The molecular formula is C16H28BrN3O. The van der Waals surface area contributed by atoms with Crippen molar-refractivity contribution in [3.8, 4) is 0 Å². The Bertz CT molecular complexity index is 472. The van der Waals surface area contributed by atoms with Crippen LogP contribution in [0.2, 0.25) is 0 Å². The van der Waals surface area contributed by atoms with Crippen molar-refractivity contribution >= 4 is 15.9 Å². The molecule has 1 N–H and O–H groups in total. The molecule has 1 fully saturated rings. The lowest BCUT2D eigenvalue weighted by molar-refractivity contribution is -0.0792. The summed E-state index contributed by atoms with van der Waals surface area (Å²) in [5, 5.41) is 16.0. The fourth-order valence-electron chi connectivity index (χ4n) is 3.62. The molecule has 0 radical (unpaired) electrons. The highest BCUT2D eigenvalue weighted by molar-refractivity contribution is 9.10. The van der Waals surface area contributed by atoms with E-state index in [1.54, 1.807) is 0 Å². The molecular weight excluding hydrogens is 330 g/mol. The van der Waals surface area contributed by atoms with Gasteiger partial charge in [-0.1, -0.05) is 26.7 Å². The Balaban J connectivity index is 2.35. The maximum Gasteiger partial charge on any atom is 0.110 e. The summed E-state index contributed by atoms with van der Waals surface area (Å²) in [6.07, 6.45) is 6.07. The van der Waals surface area contributed by atoms with E-state index in [4.69, 9.17) is 0 Å². The Morgan fingerprint density at radius 2 is 2.19 bits per heavy atom. The number of likely N-dealkylation sites (N-methyl/N-ethyl adjacent to an activating group) is 1. The van der Waals surface area contributed by atoms with Crippen molar-refractivity contribution in [2.24, 2.45) is 11.8 Å². The molecule has 0 spiro atoms. The minimum atomic E-state index is -0.756. The van der Waals surface area contributed by atoms with Gasteiger partial charge in [0.1, 0.15) is 5.60 Å². The van der Waals surface area contributed by atoms with Gasteiger partial charge in [0.25, 0.3) is 0 Å². The second kappa shape index (κ2) is 6.80. The van der Waals surface area contributed by atoms with Crippen LogP contribution in [0.3, 0.4) is 0 Å². The fourth-order valence-corrected chi connectivity index (χ4v) is 4.26. The average molecular weight is 358 g/mol. The second-order valence-electron chi connectivity index (χ2n) is 6.89. The zero-order valence-corrected chi connectivity index (χ0v) is 15.2. The zero-order chi connectivity index (χ0) is 15.6. The van der Waals surface area contributed by atoms with E-state index in [1.165, 1.54) is 6.42 Å². The quantitative estimate of drug-likeness (QED) is 0.879. The molecule has 0 amide bonds. The first-order valence-electron chi connectivity index (χ1n) is 7.95. The summed E-state index contributed by atoms with van der Waals surface area (Å²) in [7, 11) is 4.12. The van der Waals surface area contributed by atoms with Crippen LogP contribution in [0.4, 0.5) is 0 Å². The summed E-state index contributed by atoms with van der Waals surface area (Å²) in [5.74, 6) is 0.775. The molecule has 0 aliphatic heterocycles. The van der Waals surface area contributed by atoms with Crippen molar-refractivity contribution in [2.45, 2.75) is 51.7 Å². The van der Waals surface area contributed by atoms with Gasteiger partial charge in [-0.2, -0.15) is 5.10 Å². The Morgan fingerprint density at radius 1 is 1.48 bits per heavy atom. The molecule has 2 rings (SSSR count). The van der Waals surface area contributed by atoms with Crippen LogP contribution in [0, 0.1) is 11.8 Å². The first-order chi connectivity index (χ1) is 9.86. The van der Waals surface area contributed by atoms with Crippen molar-refractivity contribution < 1.29 is 5.11 Å². The normalized spacial score (nSPS) is 26.8. The summed E-state index contributed by atoms with van der Waals surface area (Å²) in [5.41, 5.74) is 0.219. The molecule has 120 valence electrons. The summed E-state index contributed by atoms with van der Waals surface area (Å²) >= 11 is 3.61. The van der Waals surface area contributed by atoms with Crippen LogP contribution in [0.1, 0.15) is 45.2 Å². The van der Waals surface area contributed by atoms with Crippen molar-refractivity contribution in [3.05, 3.63) is 16.4 Å². The van der Waals surface area contributed by atoms with E-state index < -0.39 is 5.60 Å². The van der Waals surface area contributed by atoms with Gasteiger partial charge in [-0.15, -0.1) is 0 Å². The predicted octanol–water partition coefficient (Wildman–Crippen LogP) is 3.24. The van der Waals surface area contributed by atoms with Crippen LogP contribution in [-0.4, -0.2) is 40.4 Å². The Hall–Kier alpha value is -0.390. The van der Waals surface area contributed by atoms with E-state index in [9.17, 15) is 5.11 Å². The van der Waals surface area contributed by atoms with Gasteiger partial charge in [0.15, 0.2) is 0 Å². The van der Waals surface area contributed by atoms with Crippen molar-refractivity contribution in [1.82, 2.24) is 14.7 Å². The van der Waals surface area contributed by atoms with E-state index in [0.717, 1.165) is 42.5 Å². The third-order valence-corrected chi connectivity index (χ3v) is 5.29. The SMILES string of the molecule is CC(C)C1CCCCC1(O)c1c(Br)cnn1CCN(C)C. The predicted molar refractivity (Wildman–Crippen MR) is 89.2 cm³/mol. The number of aliphatic hydroxyl groups is 1. The third kappa shape index (κ3) is 3.51. The minimum absolute atomic E-state index is 0.303. The number of halogens is 1. The van der Waals surface area contributed by atoms with E-state index in [1.807, 2.05) is 10.9 Å². The molecule has 2 unspecified atom stereocenters. The highest BCUT2D eigenvalue weighted by Gasteiger charge is 2.45. The first kappa shape index (κ1) is 17.0. The summed E-state index contributed by atoms with van der Waals surface area (Å²) in [6.45, 7) is 6.16. The number of hydrogen-bond acceptors (Lipinski definition) is 3. The molecule has 0 aromatic carbocycles. The van der Waals surface area contributed by atoms with Crippen LogP contribution >= 0.6 is 15.9 Å². The monoisotopic (exact) mass is 357 g/mol. The highest BCUT2D eigenvalue weighted by atomic mass is 79.9. The molecule has 1 aliphatic carbocycles. The van der Waals surface area contributed by atoms with Gasteiger partial charge in [0.05, 0.1) is 22.9 Å². The molecule has 1 aromatic heterocycles. The molecule has 1 aromatic rings. The second-order valence-corrected chi connectivity index (χ2v) is 7.74. The van der Waals surface area contributed by atoms with E-state index in [2.05, 4.69) is 53.9 Å². The maximum atomic E-state index is 11.5. The van der Waals surface area contributed by atoms with Crippen LogP contribution in [0.25, 0.3) is 0 Å². The number of rotatable bonds is 5. The summed E-state index contributed by atoms with van der Waals surface area (Å²) < 4.78 is 2.93. The molecule has 4 nitrogen and oxygen atoms in total. The Labute approximate surface area is 136 Å². The summed E-state index contributed by atoms with van der Waals surface area (Å²) in [4.78, 5) is 2.14. The van der Waals surface area contributed by atoms with E-state index >= 15 is 0 Å². The number of aromatic nitrogens is 2. The van der Waals surface area contributed by atoms with Crippen molar-refractivity contribution in [2.75, 3.05) is 20.6 Å². The standard InChI is InChI=1S/C16H28BrN3O/c1-12(2)13-7-5-6-8-16(13,21)15-14(17)11-18-20(15)10-9-19(3)4/h11-13,21H,5-10H2,1-4H3. The third-order valence-electron chi connectivity index (χ3n) is 4.71. The van der Waals surface area contributed by atoms with Gasteiger partial charge in [-0.3, -0.25) is 4.68 Å². The van der Waals surface area contributed by atoms with Crippen LogP contribution < -0.4 is 0 Å². The largest absolute Gasteiger partial charge is 0.383 e. The van der Waals surface area contributed by atoms with Gasteiger partial charge >= 0.3 is 0 Å². The van der Waals surface area contributed by atoms with Crippen LogP contribution in [0.5, 0.6) is 0 Å². The highest BCUT2D eigenvalue weighted by Crippen LogP contribution is 2.47. The number of nitrogens with zero attached hydrogens (tertiary/aromatic N) is 3. The minimum Gasteiger partial charge on any atom is -0.383 e. The molecule has 2 atom stereocenters. The lowest BCUT2D eigenvalue weighted by Gasteiger charge is -2.42. The molecule has 1 aliphatic rings. The molecule has 0 bridgehead atoms. The Kier molecular flexibility index (Phi) is 5.49. The van der Waals surface area contributed by atoms with Gasteiger partial charge in [-0.05, 0) is 54.7 Å². The zero-order valence-electron chi connectivity index (χ0n) is 13.6. The van der Waals surface area contributed by atoms with Crippen molar-refractivity contribution in [3.63, 3.8) is 0 Å². The van der Waals surface area contributed by atoms with Crippen LogP contribution in [0.15, 0.2) is 10.7 Å². The topological polar surface area (TPSA) is 41.3 Å². The molecule has 1 saturated carbocycles. The maximum absolute atomic E-state index is 11.5. The number of hydrogen-bond donors (Lipinski definition) is 1. The van der Waals surface area contributed by atoms with Gasteiger partial charge in [-0.25, -0.2) is 0 Å². The molecule has 21 heavy (non-hydrogen) atoms.